The number of ether oxygens (including phenoxy) is 1. The number of methoxy groups -OCH3 is 1. The van der Waals surface area contributed by atoms with Gasteiger partial charge in [-0.25, -0.2) is 0 Å². The summed E-state index contributed by atoms with van der Waals surface area (Å²) in [7, 11) is 1.60. The largest absolute Gasteiger partial charge is 0.497 e. The van der Waals surface area contributed by atoms with Crippen LogP contribution in [0.2, 0.25) is 0 Å². The Balaban J connectivity index is 1.67. The third kappa shape index (κ3) is 4.33. The second-order valence-electron chi connectivity index (χ2n) is 5.09. The summed E-state index contributed by atoms with van der Waals surface area (Å²) >= 11 is 3.46. The van der Waals surface area contributed by atoms with Crippen molar-refractivity contribution in [3.05, 3.63) is 64.6 Å². The van der Waals surface area contributed by atoms with Gasteiger partial charge in [0.25, 0.3) is 5.91 Å². The van der Waals surface area contributed by atoms with Gasteiger partial charge in [-0.05, 0) is 29.8 Å². The maximum atomic E-state index is 12.0. The average Bonchev–Trinajstić information content (AvgIpc) is 3.08. The Kier molecular flexibility index (Phi) is 5.25. The molecule has 1 aromatic heterocycles. The summed E-state index contributed by atoms with van der Waals surface area (Å²) < 4.78 is 6.04. The fraction of sp³-hybridized carbons (Fsp3) is 0.0556. The summed E-state index contributed by atoms with van der Waals surface area (Å²) in [6.07, 6.45) is 3.11. The number of amides is 1. The van der Waals surface area contributed by atoms with Crippen LogP contribution < -0.4 is 10.1 Å². The molecule has 1 amide bonds. The van der Waals surface area contributed by atoms with Crippen LogP contribution in [0.4, 0.5) is 5.95 Å². The molecule has 2 aromatic carbocycles. The van der Waals surface area contributed by atoms with Crippen LogP contribution in [-0.4, -0.2) is 28.2 Å². The molecule has 0 aliphatic rings. The summed E-state index contributed by atoms with van der Waals surface area (Å²) in [5.74, 6) is 1.20. The first-order valence-corrected chi connectivity index (χ1v) is 8.25. The third-order valence-electron chi connectivity index (χ3n) is 3.37. The van der Waals surface area contributed by atoms with Crippen molar-refractivity contribution >= 4 is 33.9 Å². The summed E-state index contributed by atoms with van der Waals surface area (Å²) in [4.78, 5) is 16.3. The van der Waals surface area contributed by atoms with E-state index in [4.69, 9.17) is 4.74 Å². The molecule has 0 atom stereocenters. The van der Waals surface area contributed by atoms with E-state index in [9.17, 15) is 4.79 Å². The predicted molar refractivity (Wildman–Crippen MR) is 100 cm³/mol. The van der Waals surface area contributed by atoms with Crippen molar-refractivity contribution in [1.82, 2.24) is 15.2 Å². The minimum atomic E-state index is -0.319. The standard InChI is InChI=1S/C18H15BrN4O2/c1-25-13-6-4-5-12(11-13)9-10-16(24)20-18-21-17(22-23-18)14-7-2-3-8-15(14)19/h2-11H,1H3,(H2,20,21,22,23,24). The zero-order valence-electron chi connectivity index (χ0n) is 13.4. The van der Waals surface area contributed by atoms with Crippen molar-refractivity contribution in [1.29, 1.82) is 0 Å². The van der Waals surface area contributed by atoms with E-state index >= 15 is 0 Å². The monoisotopic (exact) mass is 398 g/mol. The highest BCUT2D eigenvalue weighted by Crippen LogP contribution is 2.25. The molecule has 0 aliphatic carbocycles. The molecule has 0 saturated carbocycles. The van der Waals surface area contributed by atoms with Gasteiger partial charge in [0.05, 0.1) is 7.11 Å². The number of hydrogen-bond donors (Lipinski definition) is 2. The van der Waals surface area contributed by atoms with E-state index in [1.165, 1.54) is 6.08 Å². The summed E-state index contributed by atoms with van der Waals surface area (Å²) in [5.41, 5.74) is 1.72. The number of hydrogen-bond acceptors (Lipinski definition) is 4. The van der Waals surface area contributed by atoms with Crippen LogP contribution in [-0.2, 0) is 4.79 Å². The van der Waals surface area contributed by atoms with Gasteiger partial charge in [0.15, 0.2) is 5.82 Å². The molecule has 0 saturated heterocycles. The van der Waals surface area contributed by atoms with Crippen molar-refractivity contribution in [3.63, 3.8) is 0 Å². The molecule has 0 bridgehead atoms. The lowest BCUT2D eigenvalue weighted by molar-refractivity contribution is -0.111. The molecular formula is C18H15BrN4O2. The Labute approximate surface area is 153 Å². The van der Waals surface area contributed by atoms with Crippen LogP contribution >= 0.6 is 15.9 Å². The van der Waals surface area contributed by atoms with Gasteiger partial charge < -0.3 is 4.74 Å². The number of aromatic amines is 1. The molecule has 0 radical (unpaired) electrons. The highest BCUT2D eigenvalue weighted by Gasteiger charge is 2.09. The number of nitrogens with zero attached hydrogens (tertiary/aromatic N) is 2. The lowest BCUT2D eigenvalue weighted by atomic mass is 10.2. The molecular weight excluding hydrogens is 384 g/mol. The predicted octanol–water partition coefficient (Wildman–Crippen LogP) is 3.89. The van der Waals surface area contributed by atoms with E-state index in [1.54, 1.807) is 13.2 Å². The van der Waals surface area contributed by atoms with Crippen LogP contribution in [0.1, 0.15) is 5.56 Å². The fourth-order valence-electron chi connectivity index (χ4n) is 2.16. The lowest BCUT2D eigenvalue weighted by Gasteiger charge is -2.00. The van der Waals surface area contributed by atoms with Crippen LogP contribution in [0.5, 0.6) is 5.75 Å². The topological polar surface area (TPSA) is 79.9 Å². The highest BCUT2D eigenvalue weighted by atomic mass is 79.9. The van der Waals surface area contributed by atoms with E-state index < -0.39 is 0 Å². The van der Waals surface area contributed by atoms with Gasteiger partial charge in [-0.2, -0.15) is 4.98 Å². The highest BCUT2D eigenvalue weighted by molar-refractivity contribution is 9.10. The van der Waals surface area contributed by atoms with Crippen molar-refractivity contribution in [2.75, 3.05) is 12.4 Å². The number of carbonyl (C=O) groups is 1. The molecule has 25 heavy (non-hydrogen) atoms. The molecule has 7 heteroatoms. The normalized spacial score (nSPS) is 10.8. The minimum absolute atomic E-state index is 0.214. The Bertz CT molecular complexity index is 921. The minimum Gasteiger partial charge on any atom is -0.497 e. The van der Waals surface area contributed by atoms with Crippen LogP contribution in [0, 0.1) is 0 Å². The second-order valence-corrected chi connectivity index (χ2v) is 5.94. The average molecular weight is 399 g/mol. The van der Waals surface area contributed by atoms with Crippen molar-refractivity contribution < 1.29 is 9.53 Å². The third-order valence-corrected chi connectivity index (χ3v) is 4.06. The van der Waals surface area contributed by atoms with E-state index in [0.29, 0.717) is 5.82 Å². The van der Waals surface area contributed by atoms with E-state index in [1.807, 2.05) is 48.5 Å². The molecule has 6 nitrogen and oxygen atoms in total. The van der Waals surface area contributed by atoms with E-state index in [-0.39, 0.29) is 11.9 Å². The molecule has 126 valence electrons. The Morgan fingerprint density at radius 1 is 1.24 bits per heavy atom. The van der Waals surface area contributed by atoms with Gasteiger partial charge >= 0.3 is 0 Å². The van der Waals surface area contributed by atoms with Crippen molar-refractivity contribution in [2.45, 2.75) is 0 Å². The number of carbonyl (C=O) groups excluding carboxylic acids is 1. The van der Waals surface area contributed by atoms with Crippen molar-refractivity contribution in [3.8, 4) is 17.1 Å². The number of halogens is 1. The number of rotatable bonds is 5. The first-order valence-electron chi connectivity index (χ1n) is 7.46. The summed E-state index contributed by atoms with van der Waals surface area (Å²) in [6, 6.07) is 15.0. The Hall–Kier alpha value is -2.93. The Morgan fingerprint density at radius 2 is 2.08 bits per heavy atom. The quantitative estimate of drug-likeness (QED) is 0.638. The SMILES string of the molecule is COc1cccc(C=CC(=O)Nc2n[nH]c(-c3ccccc3Br)n2)c1. The molecule has 0 spiro atoms. The van der Waals surface area contributed by atoms with Gasteiger partial charge in [0.1, 0.15) is 5.75 Å². The van der Waals surface area contributed by atoms with Gasteiger partial charge in [-0.15, -0.1) is 5.10 Å². The molecule has 2 N–H and O–H groups in total. The van der Waals surface area contributed by atoms with Crippen molar-refractivity contribution in [2.24, 2.45) is 0 Å². The molecule has 0 aliphatic heterocycles. The van der Waals surface area contributed by atoms with E-state index in [2.05, 4.69) is 36.4 Å². The first kappa shape index (κ1) is 16.9. The van der Waals surface area contributed by atoms with E-state index in [0.717, 1.165) is 21.3 Å². The van der Waals surface area contributed by atoms with Crippen LogP contribution in [0.3, 0.4) is 0 Å². The molecule has 0 unspecified atom stereocenters. The smallest absolute Gasteiger partial charge is 0.250 e. The number of benzene rings is 2. The maximum absolute atomic E-state index is 12.0. The zero-order valence-corrected chi connectivity index (χ0v) is 14.9. The number of anilines is 1. The fourth-order valence-corrected chi connectivity index (χ4v) is 2.63. The number of aromatic nitrogens is 3. The maximum Gasteiger partial charge on any atom is 0.250 e. The summed E-state index contributed by atoms with van der Waals surface area (Å²) in [6.45, 7) is 0. The number of nitrogens with one attached hydrogen (secondary N) is 2. The molecule has 3 rings (SSSR count). The number of H-pyrrole nitrogens is 1. The van der Waals surface area contributed by atoms with Gasteiger partial charge in [-0.1, -0.05) is 46.3 Å². The Morgan fingerprint density at radius 3 is 2.88 bits per heavy atom. The second kappa shape index (κ2) is 7.76. The van der Waals surface area contributed by atoms with Gasteiger partial charge in [0, 0.05) is 16.1 Å². The zero-order chi connectivity index (χ0) is 17.6. The molecule has 3 aromatic rings. The molecule has 0 fully saturated rings. The lowest BCUT2D eigenvalue weighted by Crippen LogP contribution is -2.09. The van der Waals surface area contributed by atoms with Crippen LogP contribution in [0.25, 0.3) is 17.5 Å². The molecule has 1 heterocycles. The first-order chi connectivity index (χ1) is 12.2. The van der Waals surface area contributed by atoms with Crippen LogP contribution in [0.15, 0.2) is 59.1 Å². The summed E-state index contributed by atoms with van der Waals surface area (Å²) in [5, 5.41) is 9.45. The van der Waals surface area contributed by atoms with Gasteiger partial charge in [-0.3, -0.25) is 15.2 Å². The van der Waals surface area contributed by atoms with Gasteiger partial charge in [0.2, 0.25) is 5.95 Å².